The highest BCUT2D eigenvalue weighted by atomic mass is 14.9. The third kappa shape index (κ3) is 2.42. The molecule has 3 nitrogen and oxygen atoms in total. The van der Waals surface area contributed by atoms with E-state index in [0.29, 0.717) is 0 Å². The zero-order valence-electron chi connectivity index (χ0n) is 11.6. The van der Waals surface area contributed by atoms with E-state index >= 15 is 0 Å². The van der Waals surface area contributed by atoms with Crippen LogP contribution in [0.3, 0.4) is 0 Å². The largest absolute Gasteiger partial charge is 0.358 e. The molecule has 2 aromatic heterocycles. The number of benzene rings is 2. The van der Waals surface area contributed by atoms with Gasteiger partial charge in [-0.2, -0.15) is 0 Å². The lowest BCUT2D eigenvalue weighted by Crippen LogP contribution is -1.93. The molecule has 2 aromatic carbocycles. The molecule has 0 aliphatic rings. The highest BCUT2D eigenvalue weighted by Crippen LogP contribution is 2.16. The minimum absolute atomic E-state index is 0.851. The monoisotopic (exact) mass is 274 g/mol. The number of para-hydroxylation sites is 3. The molecule has 4 rings (SSSR count). The van der Waals surface area contributed by atoms with Gasteiger partial charge in [0.15, 0.2) is 0 Å². The van der Waals surface area contributed by atoms with E-state index in [1.807, 2.05) is 18.2 Å². The standard InChI is InChI=1S/C18H16N3/c1-2-8-15-13(6-1)12-14(19-15)7-5-11-18-20-16-9-3-4-10-17(16)21-18/h1-6,8-10,12,19H,7,11H2,(H,20,21). The van der Waals surface area contributed by atoms with Crippen LogP contribution in [0.5, 0.6) is 0 Å². The summed E-state index contributed by atoms with van der Waals surface area (Å²) in [5.74, 6) is 1.02. The molecule has 0 aliphatic carbocycles. The summed E-state index contributed by atoms with van der Waals surface area (Å²) in [5, 5.41) is 1.27. The number of aromatic amines is 2. The highest BCUT2D eigenvalue weighted by molar-refractivity contribution is 5.80. The first-order valence-corrected chi connectivity index (χ1v) is 7.20. The van der Waals surface area contributed by atoms with Crippen LogP contribution in [0.25, 0.3) is 21.9 Å². The number of imidazole rings is 1. The summed E-state index contributed by atoms with van der Waals surface area (Å²) >= 11 is 0. The maximum absolute atomic E-state index is 4.59. The number of fused-ring (bicyclic) bond motifs is 2. The van der Waals surface area contributed by atoms with Crippen LogP contribution >= 0.6 is 0 Å². The Bertz CT molecular complexity index is 745. The van der Waals surface area contributed by atoms with Crippen LogP contribution in [-0.4, -0.2) is 15.0 Å². The molecule has 0 amide bonds. The lowest BCUT2D eigenvalue weighted by atomic mass is 10.2. The fraction of sp³-hybridized carbons (Fsp3) is 0.111. The van der Waals surface area contributed by atoms with Crippen molar-refractivity contribution in [3.8, 4) is 0 Å². The Morgan fingerprint density at radius 2 is 1.67 bits per heavy atom. The smallest absolute Gasteiger partial charge is 0.107 e. The molecule has 3 heteroatoms. The minimum atomic E-state index is 0.851. The summed E-state index contributed by atoms with van der Waals surface area (Å²) in [5.41, 5.74) is 4.58. The Labute approximate surface area is 123 Å². The van der Waals surface area contributed by atoms with Gasteiger partial charge >= 0.3 is 0 Å². The lowest BCUT2D eigenvalue weighted by molar-refractivity contribution is 0.942. The van der Waals surface area contributed by atoms with Gasteiger partial charge in [0.25, 0.3) is 0 Å². The summed E-state index contributed by atoms with van der Waals surface area (Å²) in [7, 11) is 0. The Kier molecular flexibility index (Phi) is 2.96. The van der Waals surface area contributed by atoms with Crippen LogP contribution in [0, 0.1) is 6.42 Å². The van der Waals surface area contributed by atoms with E-state index in [4.69, 9.17) is 0 Å². The molecular formula is C18H16N3. The second-order valence-corrected chi connectivity index (χ2v) is 5.28. The summed E-state index contributed by atoms with van der Waals surface area (Å²) < 4.78 is 0. The first kappa shape index (κ1) is 12.2. The van der Waals surface area contributed by atoms with E-state index in [-0.39, 0.29) is 0 Å². The van der Waals surface area contributed by atoms with E-state index in [1.54, 1.807) is 0 Å². The van der Waals surface area contributed by atoms with Gasteiger partial charge in [-0.25, -0.2) is 4.98 Å². The predicted octanol–water partition coefficient (Wildman–Crippen LogP) is 4.03. The second-order valence-electron chi connectivity index (χ2n) is 5.28. The van der Waals surface area contributed by atoms with Gasteiger partial charge < -0.3 is 9.97 Å². The normalized spacial score (nSPS) is 11.4. The van der Waals surface area contributed by atoms with Crippen molar-refractivity contribution >= 4 is 21.9 Å². The maximum Gasteiger partial charge on any atom is 0.107 e. The molecule has 4 aromatic rings. The summed E-state index contributed by atoms with van der Waals surface area (Å²) in [4.78, 5) is 11.4. The van der Waals surface area contributed by atoms with Crippen LogP contribution in [0.1, 0.15) is 11.5 Å². The molecule has 103 valence electrons. The van der Waals surface area contributed by atoms with Gasteiger partial charge in [0.1, 0.15) is 5.82 Å². The third-order valence-electron chi connectivity index (χ3n) is 3.73. The van der Waals surface area contributed by atoms with Crippen LogP contribution in [0.2, 0.25) is 0 Å². The van der Waals surface area contributed by atoms with Crippen molar-refractivity contribution in [2.45, 2.75) is 12.8 Å². The van der Waals surface area contributed by atoms with Gasteiger partial charge in [-0.3, -0.25) is 0 Å². The number of nitrogens with one attached hydrogen (secondary N) is 2. The van der Waals surface area contributed by atoms with Crippen molar-refractivity contribution in [2.24, 2.45) is 0 Å². The Morgan fingerprint density at radius 3 is 2.52 bits per heavy atom. The second kappa shape index (κ2) is 5.09. The van der Waals surface area contributed by atoms with E-state index in [1.165, 1.54) is 16.6 Å². The molecule has 0 spiro atoms. The van der Waals surface area contributed by atoms with Crippen molar-refractivity contribution in [1.29, 1.82) is 0 Å². The fourth-order valence-electron chi connectivity index (χ4n) is 2.71. The molecule has 0 saturated carbocycles. The molecule has 0 unspecified atom stereocenters. The molecule has 0 bridgehead atoms. The summed E-state index contributed by atoms with van der Waals surface area (Å²) in [6, 6.07) is 18.7. The quantitative estimate of drug-likeness (QED) is 0.579. The lowest BCUT2D eigenvalue weighted by Gasteiger charge is -1.96. The molecule has 1 radical (unpaired) electrons. The van der Waals surface area contributed by atoms with Crippen LogP contribution in [0.15, 0.2) is 54.6 Å². The van der Waals surface area contributed by atoms with Crippen molar-refractivity contribution in [2.75, 3.05) is 0 Å². The molecule has 0 aliphatic heterocycles. The number of H-pyrrole nitrogens is 2. The molecule has 0 fully saturated rings. The van der Waals surface area contributed by atoms with E-state index in [0.717, 1.165) is 29.7 Å². The third-order valence-corrected chi connectivity index (χ3v) is 3.73. The Hall–Kier alpha value is -2.55. The molecule has 21 heavy (non-hydrogen) atoms. The van der Waals surface area contributed by atoms with Gasteiger partial charge in [-0.1, -0.05) is 30.3 Å². The van der Waals surface area contributed by atoms with Gasteiger partial charge in [-0.05, 0) is 42.5 Å². The number of nitrogens with zero attached hydrogens (tertiary/aromatic N) is 1. The van der Waals surface area contributed by atoms with Crippen molar-refractivity contribution in [1.82, 2.24) is 15.0 Å². The van der Waals surface area contributed by atoms with Crippen molar-refractivity contribution in [3.05, 3.63) is 72.5 Å². The zero-order chi connectivity index (χ0) is 14.1. The zero-order valence-corrected chi connectivity index (χ0v) is 11.6. The van der Waals surface area contributed by atoms with Crippen LogP contribution in [0.4, 0.5) is 0 Å². The number of aromatic nitrogens is 3. The highest BCUT2D eigenvalue weighted by Gasteiger charge is 2.04. The summed E-state index contributed by atoms with van der Waals surface area (Å²) in [6.07, 6.45) is 4.03. The van der Waals surface area contributed by atoms with E-state index < -0.39 is 0 Å². The van der Waals surface area contributed by atoms with Crippen LogP contribution in [-0.2, 0) is 12.8 Å². The summed E-state index contributed by atoms with van der Waals surface area (Å²) in [6.45, 7) is 0. The molecule has 0 atom stereocenters. The number of hydrogen-bond donors (Lipinski definition) is 2. The fourth-order valence-corrected chi connectivity index (χ4v) is 2.71. The number of rotatable bonds is 4. The van der Waals surface area contributed by atoms with Gasteiger partial charge in [0, 0.05) is 17.6 Å². The molecule has 2 heterocycles. The first-order valence-electron chi connectivity index (χ1n) is 7.20. The average molecular weight is 274 g/mol. The molecule has 2 N–H and O–H groups in total. The first-order chi connectivity index (χ1) is 10.4. The number of hydrogen-bond acceptors (Lipinski definition) is 1. The van der Waals surface area contributed by atoms with Crippen LogP contribution < -0.4 is 0 Å². The minimum Gasteiger partial charge on any atom is -0.358 e. The molecular weight excluding hydrogens is 258 g/mol. The maximum atomic E-state index is 4.59. The van der Waals surface area contributed by atoms with Crippen molar-refractivity contribution in [3.63, 3.8) is 0 Å². The van der Waals surface area contributed by atoms with Crippen molar-refractivity contribution < 1.29 is 0 Å². The Balaban J connectivity index is 1.44. The Morgan fingerprint density at radius 1 is 0.857 bits per heavy atom. The average Bonchev–Trinajstić information content (AvgIpc) is 3.09. The van der Waals surface area contributed by atoms with Gasteiger partial charge in [0.2, 0.25) is 0 Å². The topological polar surface area (TPSA) is 44.5 Å². The van der Waals surface area contributed by atoms with Gasteiger partial charge in [0.05, 0.1) is 11.0 Å². The van der Waals surface area contributed by atoms with E-state index in [2.05, 4.69) is 57.8 Å². The van der Waals surface area contributed by atoms with Gasteiger partial charge in [-0.15, -0.1) is 0 Å². The predicted molar refractivity (Wildman–Crippen MR) is 86.1 cm³/mol. The SMILES string of the molecule is [CH](Cc1cc2ccccc2[nH]1)Cc1nc2ccccc2[nH]1. The van der Waals surface area contributed by atoms with E-state index in [9.17, 15) is 0 Å². The molecule has 0 saturated heterocycles.